The zero-order chi connectivity index (χ0) is 7.82. The van der Waals surface area contributed by atoms with Gasteiger partial charge in [0.2, 0.25) is 0 Å². The molecule has 0 spiro atoms. The Morgan fingerprint density at radius 1 is 1.60 bits per heavy atom. The number of allylic oxidation sites excluding steroid dienone is 1. The third-order valence-corrected chi connectivity index (χ3v) is 0.804. The van der Waals surface area contributed by atoms with E-state index in [4.69, 9.17) is 20.6 Å². The average molecular weight is 144 g/mol. The summed E-state index contributed by atoms with van der Waals surface area (Å²) in [6.45, 7) is 0.930. The fraction of sp³-hybridized carbons (Fsp3) is 0.500. The Hall–Kier alpha value is -1.03. The number of hydrogen-bond acceptors (Lipinski definition) is 4. The molecule has 0 aliphatic heterocycles. The Kier molecular flexibility index (Phi) is 5.47. The molecular formula is C6H12N2O2. The van der Waals surface area contributed by atoms with E-state index in [1.165, 1.54) is 6.08 Å². The van der Waals surface area contributed by atoms with Crippen LogP contribution in [0.2, 0.25) is 0 Å². The zero-order valence-electron chi connectivity index (χ0n) is 5.96. The van der Waals surface area contributed by atoms with Gasteiger partial charge in [0.25, 0.3) is 0 Å². The number of rotatable bonds is 5. The molecular weight excluding hydrogens is 132 g/mol. The molecule has 0 amide bonds. The van der Waals surface area contributed by atoms with E-state index >= 15 is 0 Å². The van der Waals surface area contributed by atoms with Gasteiger partial charge in [0.05, 0.1) is 6.61 Å². The maximum atomic E-state index is 6.62. The van der Waals surface area contributed by atoms with Gasteiger partial charge in [0.15, 0.2) is 5.88 Å². The molecule has 0 aromatic rings. The minimum Gasteiger partial charge on any atom is -0.477 e. The van der Waals surface area contributed by atoms with Crippen molar-refractivity contribution in [1.29, 1.82) is 5.41 Å². The second-order valence-electron chi connectivity index (χ2n) is 1.58. The molecule has 10 heavy (non-hydrogen) atoms. The van der Waals surface area contributed by atoms with Crippen LogP contribution in [0.3, 0.4) is 0 Å². The molecule has 0 fully saturated rings. The molecule has 0 radical (unpaired) electrons. The Balaban J connectivity index is 3.29. The average Bonchev–Trinajstić information content (AvgIpc) is 1.89. The number of ether oxygens (including phenoxy) is 2. The van der Waals surface area contributed by atoms with Crippen LogP contribution in [0.25, 0.3) is 0 Å². The van der Waals surface area contributed by atoms with Crippen molar-refractivity contribution in [2.24, 2.45) is 5.73 Å². The summed E-state index contributed by atoms with van der Waals surface area (Å²) in [6, 6.07) is 0. The van der Waals surface area contributed by atoms with E-state index in [1.807, 2.05) is 0 Å². The molecule has 0 aromatic carbocycles. The molecule has 0 heterocycles. The van der Waals surface area contributed by atoms with E-state index in [-0.39, 0.29) is 5.88 Å². The molecule has 0 aliphatic rings. The second-order valence-corrected chi connectivity index (χ2v) is 1.58. The van der Waals surface area contributed by atoms with E-state index in [1.54, 1.807) is 7.11 Å². The highest BCUT2D eigenvalue weighted by Gasteiger charge is 1.86. The highest BCUT2D eigenvalue weighted by atomic mass is 16.5. The lowest BCUT2D eigenvalue weighted by Crippen LogP contribution is -2.07. The van der Waals surface area contributed by atoms with Crippen LogP contribution in [-0.4, -0.2) is 26.5 Å². The van der Waals surface area contributed by atoms with E-state index < -0.39 is 0 Å². The van der Waals surface area contributed by atoms with Gasteiger partial charge < -0.3 is 20.6 Å². The monoisotopic (exact) mass is 144 g/mol. The van der Waals surface area contributed by atoms with Gasteiger partial charge in [-0.1, -0.05) is 0 Å². The Morgan fingerprint density at radius 2 is 2.30 bits per heavy atom. The molecule has 0 unspecified atom stereocenters. The first-order valence-corrected chi connectivity index (χ1v) is 2.89. The summed E-state index contributed by atoms with van der Waals surface area (Å²) in [5.74, 6) is 0.243. The van der Waals surface area contributed by atoms with E-state index in [0.717, 1.165) is 6.21 Å². The van der Waals surface area contributed by atoms with Crippen LogP contribution in [0, 0.1) is 5.41 Å². The molecule has 0 atom stereocenters. The van der Waals surface area contributed by atoms with Gasteiger partial charge in [-0.15, -0.1) is 0 Å². The van der Waals surface area contributed by atoms with Crippen molar-refractivity contribution >= 4 is 6.21 Å². The molecule has 0 saturated carbocycles. The fourth-order valence-corrected chi connectivity index (χ4v) is 0.373. The number of methoxy groups -OCH3 is 1. The summed E-state index contributed by atoms with van der Waals surface area (Å²) in [5, 5.41) is 6.62. The van der Waals surface area contributed by atoms with Crippen molar-refractivity contribution < 1.29 is 9.47 Å². The van der Waals surface area contributed by atoms with E-state index in [2.05, 4.69) is 0 Å². The molecule has 0 aromatic heterocycles. The maximum Gasteiger partial charge on any atom is 0.185 e. The van der Waals surface area contributed by atoms with Crippen molar-refractivity contribution in [1.82, 2.24) is 0 Å². The zero-order valence-corrected chi connectivity index (χ0v) is 5.96. The van der Waals surface area contributed by atoms with Crippen molar-refractivity contribution in [3.63, 3.8) is 0 Å². The van der Waals surface area contributed by atoms with Crippen LogP contribution < -0.4 is 5.73 Å². The summed E-state index contributed by atoms with van der Waals surface area (Å²) in [7, 11) is 1.58. The third-order valence-electron chi connectivity index (χ3n) is 0.804. The second kappa shape index (κ2) is 6.10. The molecule has 0 bridgehead atoms. The van der Waals surface area contributed by atoms with Crippen molar-refractivity contribution in [2.45, 2.75) is 0 Å². The first kappa shape index (κ1) is 8.97. The van der Waals surface area contributed by atoms with Gasteiger partial charge in [-0.2, -0.15) is 0 Å². The predicted molar refractivity (Wildman–Crippen MR) is 38.9 cm³/mol. The van der Waals surface area contributed by atoms with E-state index in [9.17, 15) is 0 Å². The Labute approximate surface area is 60.1 Å². The lowest BCUT2D eigenvalue weighted by molar-refractivity contribution is 0.109. The standard InChI is InChI=1S/C6H12N2O2/c1-9-4-5-10-6(8)2-3-7/h2-3,7H,4-5,8H2,1H3. The summed E-state index contributed by atoms with van der Waals surface area (Å²) in [6.07, 6.45) is 2.44. The van der Waals surface area contributed by atoms with Crippen LogP contribution in [0.5, 0.6) is 0 Å². The summed E-state index contributed by atoms with van der Waals surface area (Å²) in [4.78, 5) is 0. The summed E-state index contributed by atoms with van der Waals surface area (Å²) in [5.41, 5.74) is 5.26. The third kappa shape index (κ3) is 5.11. The minimum absolute atomic E-state index is 0.243. The van der Waals surface area contributed by atoms with Gasteiger partial charge >= 0.3 is 0 Å². The van der Waals surface area contributed by atoms with Crippen LogP contribution >= 0.6 is 0 Å². The van der Waals surface area contributed by atoms with Crippen molar-refractivity contribution in [3.8, 4) is 0 Å². The lowest BCUT2D eigenvalue weighted by atomic mass is 10.6. The predicted octanol–water partition coefficient (Wildman–Crippen LogP) is 0.0991. The van der Waals surface area contributed by atoms with Gasteiger partial charge in [0, 0.05) is 19.4 Å². The SMILES string of the molecule is COCCOC(N)=CC=N. The molecule has 3 N–H and O–H groups in total. The highest BCUT2D eigenvalue weighted by Crippen LogP contribution is 1.84. The molecule has 4 nitrogen and oxygen atoms in total. The molecule has 0 aliphatic carbocycles. The normalized spacial score (nSPS) is 11.1. The van der Waals surface area contributed by atoms with Gasteiger partial charge in [-0.3, -0.25) is 0 Å². The largest absolute Gasteiger partial charge is 0.477 e. The Morgan fingerprint density at radius 3 is 2.80 bits per heavy atom. The lowest BCUT2D eigenvalue weighted by Gasteiger charge is -2.02. The first-order valence-electron chi connectivity index (χ1n) is 2.89. The number of nitrogens with two attached hydrogens (primary N) is 1. The highest BCUT2D eigenvalue weighted by molar-refractivity contribution is 5.67. The van der Waals surface area contributed by atoms with Gasteiger partial charge in [-0.05, 0) is 0 Å². The fourth-order valence-electron chi connectivity index (χ4n) is 0.373. The smallest absolute Gasteiger partial charge is 0.185 e. The quantitative estimate of drug-likeness (QED) is 0.326. The molecule has 0 saturated heterocycles. The van der Waals surface area contributed by atoms with E-state index in [0.29, 0.717) is 13.2 Å². The number of hydrogen-bond donors (Lipinski definition) is 2. The minimum atomic E-state index is 0.243. The van der Waals surface area contributed by atoms with Crippen molar-refractivity contribution in [2.75, 3.05) is 20.3 Å². The maximum absolute atomic E-state index is 6.62. The van der Waals surface area contributed by atoms with Gasteiger partial charge in [-0.25, -0.2) is 0 Å². The van der Waals surface area contributed by atoms with Crippen LogP contribution in [0.4, 0.5) is 0 Å². The number of nitrogens with one attached hydrogen (secondary N) is 1. The molecule has 4 heteroatoms. The molecule has 0 rings (SSSR count). The first-order chi connectivity index (χ1) is 4.81. The van der Waals surface area contributed by atoms with Gasteiger partial charge in [0.1, 0.15) is 6.61 Å². The summed E-state index contributed by atoms with van der Waals surface area (Å²) >= 11 is 0. The molecule has 58 valence electrons. The van der Waals surface area contributed by atoms with Crippen LogP contribution in [0.15, 0.2) is 12.0 Å². The van der Waals surface area contributed by atoms with Crippen molar-refractivity contribution in [3.05, 3.63) is 12.0 Å². The van der Waals surface area contributed by atoms with Crippen LogP contribution in [0.1, 0.15) is 0 Å². The summed E-state index contributed by atoms with van der Waals surface area (Å²) < 4.78 is 9.59. The van der Waals surface area contributed by atoms with Crippen LogP contribution in [-0.2, 0) is 9.47 Å². The topological polar surface area (TPSA) is 68.3 Å². The Bertz CT molecular complexity index is 123.